The zero-order valence-corrected chi connectivity index (χ0v) is 18.0. The molecule has 1 atom stereocenters. The van der Waals surface area contributed by atoms with Gasteiger partial charge in [0, 0.05) is 17.5 Å². The van der Waals surface area contributed by atoms with E-state index in [-0.39, 0.29) is 23.0 Å². The van der Waals surface area contributed by atoms with Crippen LogP contribution in [0.25, 0.3) is 0 Å². The molecule has 0 radical (unpaired) electrons. The molecule has 0 spiro atoms. The average molecular weight is 437 g/mol. The van der Waals surface area contributed by atoms with Gasteiger partial charge in [-0.1, -0.05) is 31.4 Å². The first-order valence-electron chi connectivity index (χ1n) is 9.07. The maximum atomic E-state index is 13.5. The highest BCUT2D eigenvalue weighted by Crippen LogP contribution is 2.29. The van der Waals surface area contributed by atoms with Crippen LogP contribution in [0, 0.1) is 5.82 Å². The Balaban J connectivity index is 2.07. The fraction of sp³-hybridized carbons (Fsp3) is 0.611. The number of nitrogens with zero attached hydrogens (tertiary/aromatic N) is 1. The van der Waals surface area contributed by atoms with E-state index in [0.717, 1.165) is 22.4 Å². The molecule has 2 rings (SSSR count). The second kappa shape index (κ2) is 9.98. The molecule has 5 nitrogen and oxygen atoms in total. The van der Waals surface area contributed by atoms with Gasteiger partial charge in [0.1, 0.15) is 11.9 Å². The van der Waals surface area contributed by atoms with Gasteiger partial charge in [-0.15, -0.1) is 0 Å². The van der Waals surface area contributed by atoms with Gasteiger partial charge < -0.3 is 5.32 Å². The van der Waals surface area contributed by atoms with Crippen molar-refractivity contribution in [1.82, 2.24) is 5.32 Å². The predicted octanol–water partition coefficient (Wildman–Crippen LogP) is 3.82. The van der Waals surface area contributed by atoms with E-state index < -0.39 is 21.9 Å². The van der Waals surface area contributed by atoms with Crippen molar-refractivity contribution in [2.45, 2.75) is 50.3 Å². The van der Waals surface area contributed by atoms with Crippen LogP contribution in [0.4, 0.5) is 10.1 Å². The third-order valence-electron chi connectivity index (χ3n) is 4.54. The molecule has 1 saturated carbocycles. The van der Waals surface area contributed by atoms with Crippen molar-refractivity contribution < 1.29 is 17.6 Å². The number of hydrogen-bond acceptors (Lipinski definition) is 4. The highest BCUT2D eigenvalue weighted by molar-refractivity contribution is 7.99. The second-order valence-electron chi connectivity index (χ2n) is 6.65. The maximum Gasteiger partial charge on any atom is 0.243 e. The number of thioether (sulfide) groups is 1. The smallest absolute Gasteiger partial charge is 0.243 e. The van der Waals surface area contributed by atoms with E-state index in [1.165, 1.54) is 37.8 Å². The molecule has 1 amide bonds. The lowest BCUT2D eigenvalue weighted by Crippen LogP contribution is -2.49. The Kier molecular flexibility index (Phi) is 8.24. The standard InChI is InChI=1S/C18H26ClFN2O3S2/c1-3-17(18(23)21-10-11-26-14-6-4-5-7-14)22(27(2,24)25)13-8-9-16(20)15(19)12-13/h8-9,12,14,17H,3-7,10-11H2,1-2H3,(H,21,23)/t17-/m1/s1. The molecule has 0 unspecified atom stereocenters. The van der Waals surface area contributed by atoms with E-state index in [1.807, 2.05) is 11.8 Å². The van der Waals surface area contributed by atoms with Gasteiger partial charge in [0.2, 0.25) is 15.9 Å². The van der Waals surface area contributed by atoms with Crippen molar-refractivity contribution in [3.8, 4) is 0 Å². The molecule has 152 valence electrons. The minimum atomic E-state index is -3.76. The van der Waals surface area contributed by atoms with E-state index in [1.54, 1.807) is 6.92 Å². The molecule has 1 aromatic rings. The average Bonchev–Trinajstić information content (AvgIpc) is 3.11. The number of amides is 1. The number of nitrogens with one attached hydrogen (secondary N) is 1. The molecule has 1 aromatic carbocycles. The van der Waals surface area contributed by atoms with E-state index >= 15 is 0 Å². The number of carbonyl (C=O) groups is 1. The van der Waals surface area contributed by atoms with Crippen LogP contribution in [-0.2, 0) is 14.8 Å². The first-order valence-corrected chi connectivity index (χ1v) is 12.3. The number of carbonyl (C=O) groups excluding carboxylic acids is 1. The zero-order chi connectivity index (χ0) is 20.0. The molecule has 9 heteroatoms. The lowest BCUT2D eigenvalue weighted by Gasteiger charge is -2.30. The van der Waals surface area contributed by atoms with Gasteiger partial charge >= 0.3 is 0 Å². The van der Waals surface area contributed by atoms with Crippen LogP contribution >= 0.6 is 23.4 Å². The third-order valence-corrected chi connectivity index (χ3v) is 7.40. The maximum absolute atomic E-state index is 13.5. The van der Waals surface area contributed by atoms with E-state index in [4.69, 9.17) is 11.6 Å². The summed E-state index contributed by atoms with van der Waals surface area (Å²) in [4.78, 5) is 12.7. The monoisotopic (exact) mass is 436 g/mol. The Morgan fingerprint density at radius 1 is 1.41 bits per heavy atom. The Morgan fingerprint density at radius 3 is 2.63 bits per heavy atom. The summed E-state index contributed by atoms with van der Waals surface area (Å²) in [5.41, 5.74) is 0.172. The topological polar surface area (TPSA) is 66.5 Å². The Hall–Kier alpha value is -0.990. The SMILES string of the molecule is CC[C@H](C(=O)NCCSC1CCCC1)N(c1ccc(F)c(Cl)c1)S(C)(=O)=O. The van der Waals surface area contributed by atoms with Crippen LogP contribution in [0.3, 0.4) is 0 Å². The van der Waals surface area contributed by atoms with Gasteiger partial charge in [-0.3, -0.25) is 9.10 Å². The van der Waals surface area contributed by atoms with Gasteiger partial charge in [0.05, 0.1) is 17.0 Å². The number of benzene rings is 1. The fourth-order valence-electron chi connectivity index (χ4n) is 3.26. The van der Waals surface area contributed by atoms with Crippen molar-refractivity contribution in [2.75, 3.05) is 22.9 Å². The number of rotatable bonds is 9. The Labute approximate surface area is 170 Å². The molecule has 1 aliphatic rings. The highest BCUT2D eigenvalue weighted by atomic mass is 35.5. The molecular formula is C18H26ClFN2O3S2. The van der Waals surface area contributed by atoms with Crippen LogP contribution in [0.15, 0.2) is 18.2 Å². The van der Waals surface area contributed by atoms with Crippen LogP contribution in [-0.4, -0.2) is 44.2 Å². The van der Waals surface area contributed by atoms with E-state index in [9.17, 15) is 17.6 Å². The van der Waals surface area contributed by atoms with Crippen LogP contribution in [0.5, 0.6) is 0 Å². The summed E-state index contributed by atoms with van der Waals surface area (Å²) in [5, 5.41) is 3.31. The molecule has 0 aliphatic heterocycles. The lowest BCUT2D eigenvalue weighted by atomic mass is 10.2. The van der Waals surface area contributed by atoms with Gasteiger partial charge in [-0.25, -0.2) is 12.8 Å². The molecular weight excluding hydrogens is 411 g/mol. The van der Waals surface area contributed by atoms with Crippen LogP contribution < -0.4 is 9.62 Å². The summed E-state index contributed by atoms with van der Waals surface area (Å²) >= 11 is 7.65. The summed E-state index contributed by atoms with van der Waals surface area (Å²) in [5.74, 6) is -0.209. The van der Waals surface area contributed by atoms with Crippen molar-refractivity contribution in [1.29, 1.82) is 0 Å². The Bertz CT molecular complexity index is 755. The van der Waals surface area contributed by atoms with Gasteiger partial charge in [0.15, 0.2) is 0 Å². The highest BCUT2D eigenvalue weighted by Gasteiger charge is 2.31. The van der Waals surface area contributed by atoms with Crippen LogP contribution in [0.1, 0.15) is 39.0 Å². The fourth-order valence-corrected chi connectivity index (χ4v) is 5.85. The molecule has 0 heterocycles. The van der Waals surface area contributed by atoms with Gasteiger partial charge in [0.25, 0.3) is 0 Å². The molecule has 1 aliphatic carbocycles. The number of anilines is 1. The molecule has 0 aromatic heterocycles. The lowest BCUT2D eigenvalue weighted by molar-refractivity contribution is -0.122. The summed E-state index contributed by atoms with van der Waals surface area (Å²) in [7, 11) is -3.76. The molecule has 0 bridgehead atoms. The summed E-state index contributed by atoms with van der Waals surface area (Å²) in [6.45, 7) is 2.22. The molecule has 1 N–H and O–H groups in total. The zero-order valence-electron chi connectivity index (χ0n) is 15.6. The summed E-state index contributed by atoms with van der Waals surface area (Å²) < 4.78 is 39.1. The largest absolute Gasteiger partial charge is 0.353 e. The minimum absolute atomic E-state index is 0.172. The summed E-state index contributed by atoms with van der Waals surface area (Å²) in [6, 6.07) is 2.72. The molecule has 27 heavy (non-hydrogen) atoms. The first kappa shape index (κ1) is 22.3. The van der Waals surface area contributed by atoms with Crippen molar-refractivity contribution in [3.63, 3.8) is 0 Å². The minimum Gasteiger partial charge on any atom is -0.353 e. The first-order chi connectivity index (χ1) is 12.7. The third kappa shape index (κ3) is 6.26. The Morgan fingerprint density at radius 2 is 2.07 bits per heavy atom. The number of sulfonamides is 1. The number of halogens is 2. The quantitative estimate of drug-likeness (QED) is 0.597. The van der Waals surface area contributed by atoms with E-state index in [2.05, 4.69) is 5.32 Å². The van der Waals surface area contributed by atoms with Gasteiger partial charge in [-0.05, 0) is 37.5 Å². The predicted molar refractivity (Wildman–Crippen MR) is 111 cm³/mol. The van der Waals surface area contributed by atoms with Crippen molar-refractivity contribution >= 4 is 45.0 Å². The number of hydrogen-bond donors (Lipinski definition) is 1. The second-order valence-corrected chi connectivity index (χ2v) is 10.3. The summed E-state index contributed by atoms with van der Waals surface area (Å²) in [6.07, 6.45) is 6.30. The van der Waals surface area contributed by atoms with Crippen molar-refractivity contribution in [3.05, 3.63) is 29.0 Å². The van der Waals surface area contributed by atoms with Gasteiger partial charge in [-0.2, -0.15) is 11.8 Å². The van der Waals surface area contributed by atoms with E-state index in [0.29, 0.717) is 11.8 Å². The normalized spacial score (nSPS) is 16.3. The molecule has 0 saturated heterocycles. The molecule has 1 fully saturated rings. The van der Waals surface area contributed by atoms with Crippen LogP contribution in [0.2, 0.25) is 5.02 Å². The van der Waals surface area contributed by atoms with Crippen molar-refractivity contribution in [2.24, 2.45) is 0 Å².